The van der Waals surface area contributed by atoms with Gasteiger partial charge >= 0.3 is 6.36 Å². The van der Waals surface area contributed by atoms with Crippen LogP contribution in [0.2, 0.25) is 10.0 Å². The summed E-state index contributed by atoms with van der Waals surface area (Å²) in [6, 6.07) is 7.42. The van der Waals surface area contributed by atoms with Crippen molar-refractivity contribution in [2.75, 3.05) is 33.0 Å². The van der Waals surface area contributed by atoms with Gasteiger partial charge in [0.1, 0.15) is 5.75 Å². The van der Waals surface area contributed by atoms with Crippen molar-refractivity contribution in [1.29, 1.82) is 0 Å². The summed E-state index contributed by atoms with van der Waals surface area (Å²) in [5.41, 5.74) is 0.571. The number of rotatable bonds is 10. The molecule has 2 aromatic carbocycles. The molecule has 0 saturated carbocycles. The molecule has 37 heavy (non-hydrogen) atoms. The Morgan fingerprint density at radius 1 is 1.27 bits per heavy atom. The zero-order valence-corrected chi connectivity index (χ0v) is 23.0. The highest BCUT2D eigenvalue weighted by Gasteiger charge is 2.34. The molecule has 0 aromatic heterocycles. The van der Waals surface area contributed by atoms with Crippen LogP contribution in [-0.2, 0) is 17.3 Å². The Hall–Kier alpha value is -1.73. The number of nitrogens with one attached hydrogen (secondary N) is 2. The van der Waals surface area contributed by atoms with E-state index < -0.39 is 28.6 Å². The van der Waals surface area contributed by atoms with E-state index in [2.05, 4.69) is 15.4 Å². The molecular weight excluding hydrogens is 554 g/mol. The standard InChI is InChI=1S/C24H30Cl2F3N3O4S/c1-4-37(34,35-3)22-6-5-17(25)9-16(22)12-31-23(33)15-10-20(26)19(21(11-15)36-24(27,28)29)14-32-8-7-18(13-32)30-2/h5-6,9-11,18,30,34H,4,7-8,12-14H2,1-3H3,(H,31,33)/t18-/m0/s1. The van der Waals surface area contributed by atoms with Gasteiger partial charge in [-0.05, 0) is 56.3 Å². The summed E-state index contributed by atoms with van der Waals surface area (Å²) in [6.07, 6.45) is -4.11. The number of ether oxygens (including phenoxy) is 1. The van der Waals surface area contributed by atoms with Gasteiger partial charge in [-0.2, -0.15) is 10.6 Å². The number of carbonyl (C=O) groups excluding carboxylic acids is 1. The second-order valence-corrected chi connectivity index (χ2v) is 12.0. The number of amides is 1. The van der Waals surface area contributed by atoms with Crippen LogP contribution >= 0.6 is 33.8 Å². The predicted octanol–water partition coefficient (Wildman–Crippen LogP) is 5.83. The summed E-state index contributed by atoms with van der Waals surface area (Å²) in [6.45, 7) is 3.19. The van der Waals surface area contributed by atoms with Crippen molar-refractivity contribution in [3.8, 4) is 5.75 Å². The lowest BCUT2D eigenvalue weighted by atomic mass is 10.1. The van der Waals surface area contributed by atoms with E-state index >= 15 is 0 Å². The van der Waals surface area contributed by atoms with Gasteiger partial charge in [-0.1, -0.05) is 23.2 Å². The molecule has 1 saturated heterocycles. The molecule has 0 aliphatic carbocycles. The first-order valence-electron chi connectivity index (χ1n) is 11.5. The minimum absolute atomic E-state index is 0.00700. The number of hydrogen-bond acceptors (Lipinski definition) is 6. The molecule has 0 bridgehead atoms. The maximum atomic E-state index is 13.2. The average molecular weight is 584 g/mol. The van der Waals surface area contributed by atoms with Gasteiger partial charge in [-0.15, -0.1) is 13.2 Å². The number of halogens is 5. The number of likely N-dealkylation sites (N-methyl/N-ethyl adjacent to an activating group) is 1. The lowest BCUT2D eigenvalue weighted by Gasteiger charge is -2.37. The Kier molecular flexibility index (Phi) is 10.0. The van der Waals surface area contributed by atoms with Gasteiger partial charge in [-0.25, -0.2) is 0 Å². The van der Waals surface area contributed by atoms with Crippen LogP contribution in [0.25, 0.3) is 0 Å². The highest BCUT2D eigenvalue weighted by atomic mass is 35.5. The van der Waals surface area contributed by atoms with Crippen molar-refractivity contribution in [3.05, 3.63) is 57.1 Å². The zero-order valence-electron chi connectivity index (χ0n) is 20.6. The number of likely N-dealkylation sites (tertiary alicyclic amines) is 1. The third-order valence-corrected chi connectivity index (χ3v) is 9.17. The molecule has 1 heterocycles. The Bertz CT molecular complexity index is 1120. The number of hydrogen-bond donors (Lipinski definition) is 3. The summed E-state index contributed by atoms with van der Waals surface area (Å²) < 4.78 is 60.1. The summed E-state index contributed by atoms with van der Waals surface area (Å²) in [5.74, 6) is -0.881. The van der Waals surface area contributed by atoms with Crippen molar-refractivity contribution < 1.29 is 31.4 Å². The Balaban J connectivity index is 1.86. The van der Waals surface area contributed by atoms with Gasteiger partial charge in [0.05, 0.1) is 12.0 Å². The lowest BCUT2D eigenvalue weighted by Crippen LogP contribution is -2.30. The van der Waals surface area contributed by atoms with Gasteiger partial charge in [0.2, 0.25) is 0 Å². The Morgan fingerprint density at radius 3 is 2.59 bits per heavy atom. The normalized spacial score (nSPS) is 18.9. The summed E-state index contributed by atoms with van der Waals surface area (Å²) in [5, 5.41) is 6.19. The number of carbonyl (C=O) groups is 1. The molecule has 7 nitrogen and oxygen atoms in total. The molecule has 1 fully saturated rings. The molecule has 0 spiro atoms. The van der Waals surface area contributed by atoms with E-state index in [-0.39, 0.29) is 35.3 Å². The number of benzene rings is 2. The summed E-state index contributed by atoms with van der Waals surface area (Å²) in [7, 11) is 0.628. The predicted molar refractivity (Wildman–Crippen MR) is 140 cm³/mol. The van der Waals surface area contributed by atoms with Crippen LogP contribution in [-0.4, -0.2) is 60.8 Å². The van der Waals surface area contributed by atoms with Crippen LogP contribution in [0.4, 0.5) is 13.2 Å². The fraction of sp³-hybridized carbons (Fsp3) is 0.458. The van der Waals surface area contributed by atoms with Crippen molar-refractivity contribution in [2.24, 2.45) is 0 Å². The minimum Gasteiger partial charge on any atom is -0.405 e. The SMILES string of the molecule is CCS(O)(OC)c1ccc(Cl)cc1CNC(=O)c1cc(Cl)c(CN2CC[C@H](NC)C2)c(OC(F)(F)F)c1. The first-order chi connectivity index (χ1) is 17.4. The van der Waals surface area contributed by atoms with Gasteiger partial charge in [0.15, 0.2) is 0 Å². The van der Waals surface area contributed by atoms with Crippen molar-refractivity contribution in [3.63, 3.8) is 0 Å². The van der Waals surface area contributed by atoms with Gasteiger partial charge in [0.25, 0.3) is 5.91 Å². The molecule has 3 N–H and O–H groups in total. The van der Waals surface area contributed by atoms with E-state index in [0.29, 0.717) is 34.3 Å². The molecule has 1 unspecified atom stereocenters. The first kappa shape index (κ1) is 29.8. The first-order valence-corrected chi connectivity index (χ1v) is 14.0. The van der Waals surface area contributed by atoms with Crippen LogP contribution in [0.3, 0.4) is 0 Å². The molecule has 2 atom stereocenters. The van der Waals surface area contributed by atoms with E-state index in [1.807, 2.05) is 11.9 Å². The van der Waals surface area contributed by atoms with Crippen molar-refractivity contribution >= 4 is 39.7 Å². The molecule has 0 radical (unpaired) electrons. The second-order valence-electron chi connectivity index (χ2n) is 8.52. The van der Waals surface area contributed by atoms with Crippen molar-refractivity contribution in [1.82, 2.24) is 15.5 Å². The summed E-state index contributed by atoms with van der Waals surface area (Å²) >= 11 is 12.5. The number of nitrogens with zero attached hydrogens (tertiary/aromatic N) is 1. The maximum Gasteiger partial charge on any atom is 0.573 e. The molecule has 3 rings (SSSR count). The number of alkyl halides is 3. The van der Waals surface area contributed by atoms with Crippen LogP contribution in [0.5, 0.6) is 5.75 Å². The fourth-order valence-electron chi connectivity index (χ4n) is 4.19. The van der Waals surface area contributed by atoms with E-state index in [0.717, 1.165) is 12.5 Å². The molecule has 1 aliphatic heterocycles. The fourth-order valence-corrected chi connectivity index (χ4v) is 6.20. The van der Waals surface area contributed by atoms with Crippen LogP contribution in [0.15, 0.2) is 35.2 Å². The smallest absolute Gasteiger partial charge is 0.405 e. The molecule has 1 amide bonds. The molecule has 1 aliphatic rings. The quantitative estimate of drug-likeness (QED) is 0.326. The van der Waals surface area contributed by atoms with Crippen LogP contribution < -0.4 is 15.4 Å². The Morgan fingerprint density at radius 2 is 2.00 bits per heavy atom. The largest absolute Gasteiger partial charge is 0.573 e. The monoisotopic (exact) mass is 583 g/mol. The summed E-state index contributed by atoms with van der Waals surface area (Å²) in [4.78, 5) is 15.4. The average Bonchev–Trinajstić information content (AvgIpc) is 3.31. The molecule has 2 aromatic rings. The van der Waals surface area contributed by atoms with E-state index in [9.17, 15) is 22.5 Å². The van der Waals surface area contributed by atoms with E-state index in [1.54, 1.807) is 25.1 Å². The molecule has 206 valence electrons. The Labute approximate surface area is 225 Å². The zero-order chi connectivity index (χ0) is 27.4. The third kappa shape index (κ3) is 7.66. The van der Waals surface area contributed by atoms with Gasteiger partial charge < -0.3 is 15.4 Å². The highest BCUT2D eigenvalue weighted by molar-refractivity contribution is 8.25. The van der Waals surface area contributed by atoms with E-state index in [1.165, 1.54) is 13.2 Å². The lowest BCUT2D eigenvalue weighted by molar-refractivity contribution is -0.275. The van der Waals surface area contributed by atoms with Crippen LogP contribution in [0.1, 0.15) is 34.8 Å². The third-order valence-electron chi connectivity index (χ3n) is 6.18. The topological polar surface area (TPSA) is 83.1 Å². The van der Waals surface area contributed by atoms with Gasteiger partial charge in [-0.3, -0.25) is 18.4 Å². The van der Waals surface area contributed by atoms with Crippen LogP contribution in [0, 0.1) is 0 Å². The molecular formula is C24H30Cl2F3N3O4S. The maximum absolute atomic E-state index is 13.2. The second kappa shape index (κ2) is 12.4. The van der Waals surface area contributed by atoms with Gasteiger partial charge in [0, 0.05) is 59.1 Å². The van der Waals surface area contributed by atoms with Crippen molar-refractivity contribution in [2.45, 2.75) is 43.7 Å². The van der Waals surface area contributed by atoms with E-state index in [4.69, 9.17) is 27.4 Å². The highest BCUT2D eigenvalue weighted by Crippen LogP contribution is 2.53. The molecule has 13 heteroatoms. The minimum atomic E-state index is -4.96.